The summed E-state index contributed by atoms with van der Waals surface area (Å²) in [6.07, 6.45) is 3.52. The fourth-order valence-corrected chi connectivity index (χ4v) is 2.83. The van der Waals surface area contributed by atoms with Crippen molar-refractivity contribution >= 4 is 0 Å². The molecule has 0 bridgehead atoms. The van der Waals surface area contributed by atoms with Crippen molar-refractivity contribution in [2.24, 2.45) is 0 Å². The van der Waals surface area contributed by atoms with Crippen LogP contribution in [0.3, 0.4) is 0 Å². The molecule has 18 heavy (non-hydrogen) atoms. The van der Waals surface area contributed by atoms with E-state index in [0.29, 0.717) is 13.1 Å². The van der Waals surface area contributed by atoms with E-state index in [0.717, 1.165) is 31.2 Å². The minimum absolute atomic E-state index is 0.485. The maximum absolute atomic E-state index is 10.3. The van der Waals surface area contributed by atoms with Crippen molar-refractivity contribution in [2.75, 3.05) is 20.1 Å². The molecule has 0 heterocycles. The van der Waals surface area contributed by atoms with Crippen LogP contribution in [0.25, 0.3) is 0 Å². The van der Waals surface area contributed by atoms with Crippen LogP contribution in [0.2, 0.25) is 0 Å². The van der Waals surface area contributed by atoms with Crippen LogP contribution < -0.4 is 0 Å². The van der Waals surface area contributed by atoms with Crippen molar-refractivity contribution in [3.05, 3.63) is 35.9 Å². The summed E-state index contributed by atoms with van der Waals surface area (Å²) in [7, 11) is 1.96. The average Bonchev–Trinajstić information content (AvgIpc) is 2.76. The van der Waals surface area contributed by atoms with Crippen LogP contribution in [0.5, 0.6) is 0 Å². The highest BCUT2D eigenvalue weighted by Crippen LogP contribution is 2.30. The monoisotopic (exact) mass is 249 g/mol. The summed E-state index contributed by atoms with van der Waals surface area (Å²) < 4.78 is 0. The zero-order chi connectivity index (χ0) is 13.0. The lowest BCUT2D eigenvalue weighted by Crippen LogP contribution is -2.40. The lowest BCUT2D eigenvalue weighted by molar-refractivity contribution is 0.00483. The topological polar surface area (TPSA) is 43.7 Å². The van der Waals surface area contributed by atoms with Gasteiger partial charge in [0.1, 0.15) is 0 Å². The molecule has 1 aliphatic carbocycles. The number of hydrogen-bond acceptors (Lipinski definition) is 3. The quantitative estimate of drug-likeness (QED) is 0.838. The van der Waals surface area contributed by atoms with Crippen LogP contribution in [0.15, 0.2) is 30.3 Å². The highest BCUT2D eigenvalue weighted by Gasteiger charge is 2.32. The van der Waals surface area contributed by atoms with Crippen LogP contribution in [-0.4, -0.2) is 40.9 Å². The van der Waals surface area contributed by atoms with Gasteiger partial charge in [0.15, 0.2) is 0 Å². The first-order valence-electron chi connectivity index (χ1n) is 6.73. The molecule has 2 N–H and O–H groups in total. The third-order valence-corrected chi connectivity index (χ3v) is 3.77. The van der Waals surface area contributed by atoms with E-state index >= 15 is 0 Å². The van der Waals surface area contributed by atoms with Crippen molar-refractivity contribution in [2.45, 2.75) is 37.4 Å². The predicted molar refractivity (Wildman–Crippen MR) is 72.3 cm³/mol. The van der Waals surface area contributed by atoms with Gasteiger partial charge in [-0.25, -0.2) is 0 Å². The largest absolute Gasteiger partial charge is 0.389 e. The van der Waals surface area contributed by atoms with Crippen molar-refractivity contribution in [3.63, 3.8) is 0 Å². The maximum atomic E-state index is 10.3. The van der Waals surface area contributed by atoms with E-state index < -0.39 is 11.7 Å². The fourth-order valence-electron chi connectivity index (χ4n) is 2.83. The second kappa shape index (κ2) is 5.83. The van der Waals surface area contributed by atoms with Gasteiger partial charge in [-0.1, -0.05) is 43.2 Å². The Morgan fingerprint density at radius 1 is 1.22 bits per heavy atom. The van der Waals surface area contributed by atoms with Gasteiger partial charge in [0.05, 0.1) is 11.7 Å². The second-order valence-electron chi connectivity index (χ2n) is 5.55. The second-order valence-corrected chi connectivity index (χ2v) is 5.55. The van der Waals surface area contributed by atoms with Gasteiger partial charge in [0.2, 0.25) is 0 Å². The molecule has 3 heteroatoms. The van der Waals surface area contributed by atoms with Crippen molar-refractivity contribution in [1.29, 1.82) is 0 Å². The highest BCUT2D eigenvalue weighted by molar-refractivity contribution is 5.17. The van der Waals surface area contributed by atoms with Gasteiger partial charge in [-0.05, 0) is 25.5 Å². The molecule has 3 nitrogen and oxygen atoms in total. The van der Waals surface area contributed by atoms with Crippen LogP contribution in [0.4, 0.5) is 0 Å². The van der Waals surface area contributed by atoms with E-state index in [1.807, 2.05) is 42.3 Å². The third-order valence-electron chi connectivity index (χ3n) is 3.77. The molecule has 1 aromatic rings. The zero-order valence-corrected chi connectivity index (χ0v) is 11.0. The number of likely N-dealkylation sites (N-methyl/N-ethyl adjacent to an activating group) is 1. The highest BCUT2D eigenvalue weighted by atomic mass is 16.3. The molecule has 0 spiro atoms. The van der Waals surface area contributed by atoms with Gasteiger partial charge in [-0.2, -0.15) is 0 Å². The van der Waals surface area contributed by atoms with Gasteiger partial charge in [-0.3, -0.25) is 0 Å². The van der Waals surface area contributed by atoms with Gasteiger partial charge < -0.3 is 15.1 Å². The Balaban J connectivity index is 1.85. The Labute approximate surface area is 109 Å². The van der Waals surface area contributed by atoms with Gasteiger partial charge in [0.25, 0.3) is 0 Å². The minimum Gasteiger partial charge on any atom is -0.389 e. The Morgan fingerprint density at radius 2 is 1.83 bits per heavy atom. The van der Waals surface area contributed by atoms with Crippen LogP contribution in [-0.2, 0) is 0 Å². The molecule has 0 saturated heterocycles. The fraction of sp³-hybridized carbons (Fsp3) is 0.600. The zero-order valence-electron chi connectivity index (χ0n) is 11.0. The maximum Gasteiger partial charge on any atom is 0.0916 e. The Hall–Kier alpha value is -0.900. The average molecular weight is 249 g/mol. The lowest BCUT2D eigenvalue weighted by Gasteiger charge is -2.29. The van der Waals surface area contributed by atoms with Crippen molar-refractivity contribution < 1.29 is 10.2 Å². The summed E-state index contributed by atoms with van der Waals surface area (Å²) in [6, 6.07) is 9.68. The third kappa shape index (κ3) is 3.55. The van der Waals surface area contributed by atoms with Crippen molar-refractivity contribution in [1.82, 2.24) is 4.90 Å². The standard InChI is InChI=1S/C15H23NO2/c1-16(12-15(18)9-5-6-10-15)11-14(17)13-7-3-2-4-8-13/h2-4,7-8,14,17-18H,5-6,9-12H2,1H3. The summed E-state index contributed by atoms with van der Waals surface area (Å²) in [5.74, 6) is 0. The summed E-state index contributed by atoms with van der Waals surface area (Å²) in [5.41, 5.74) is 0.397. The minimum atomic E-state index is -0.537. The first-order chi connectivity index (χ1) is 8.59. The molecule has 0 aromatic heterocycles. The van der Waals surface area contributed by atoms with E-state index in [1.165, 1.54) is 0 Å². The molecule has 2 rings (SSSR count). The van der Waals surface area contributed by atoms with E-state index in [2.05, 4.69) is 0 Å². The molecule has 0 amide bonds. The predicted octanol–water partition coefficient (Wildman–Crippen LogP) is 1.96. The van der Waals surface area contributed by atoms with Crippen LogP contribution >= 0.6 is 0 Å². The molecule has 1 atom stereocenters. The van der Waals surface area contributed by atoms with Gasteiger partial charge in [-0.15, -0.1) is 0 Å². The SMILES string of the molecule is CN(CC(O)c1ccccc1)CC1(O)CCCC1. The van der Waals surface area contributed by atoms with E-state index in [4.69, 9.17) is 0 Å². The van der Waals surface area contributed by atoms with Crippen molar-refractivity contribution in [3.8, 4) is 0 Å². The summed E-state index contributed by atoms with van der Waals surface area (Å²) >= 11 is 0. The van der Waals surface area contributed by atoms with E-state index in [-0.39, 0.29) is 0 Å². The number of hydrogen-bond donors (Lipinski definition) is 2. The smallest absolute Gasteiger partial charge is 0.0916 e. The summed E-state index contributed by atoms with van der Waals surface area (Å²) in [4.78, 5) is 2.03. The van der Waals surface area contributed by atoms with Crippen LogP contribution in [0, 0.1) is 0 Å². The van der Waals surface area contributed by atoms with Gasteiger partial charge in [0, 0.05) is 13.1 Å². The van der Waals surface area contributed by atoms with Crippen LogP contribution in [0.1, 0.15) is 37.4 Å². The van der Waals surface area contributed by atoms with E-state index in [9.17, 15) is 10.2 Å². The normalized spacial score (nSPS) is 20.2. The summed E-state index contributed by atoms with van der Waals surface area (Å²) in [6.45, 7) is 1.21. The number of aliphatic hydroxyl groups excluding tert-OH is 1. The molecule has 1 aromatic carbocycles. The molecular formula is C15H23NO2. The van der Waals surface area contributed by atoms with Gasteiger partial charge >= 0.3 is 0 Å². The molecule has 1 unspecified atom stereocenters. The molecule has 1 saturated carbocycles. The summed E-state index contributed by atoms with van der Waals surface area (Å²) in [5, 5.41) is 20.4. The first kappa shape index (κ1) is 13.5. The first-order valence-corrected chi connectivity index (χ1v) is 6.73. The number of nitrogens with zero attached hydrogens (tertiary/aromatic N) is 1. The number of rotatable bonds is 5. The van der Waals surface area contributed by atoms with E-state index in [1.54, 1.807) is 0 Å². The number of aliphatic hydroxyl groups is 2. The Kier molecular flexibility index (Phi) is 4.38. The molecule has 0 aliphatic heterocycles. The molecule has 1 fully saturated rings. The molecule has 100 valence electrons. The number of benzene rings is 1. The molecule has 1 aliphatic rings. The molecule has 0 radical (unpaired) electrons. The lowest BCUT2D eigenvalue weighted by atomic mass is 10.0. The Morgan fingerprint density at radius 3 is 2.44 bits per heavy atom. The Bertz CT molecular complexity index is 360. The molecular weight excluding hydrogens is 226 g/mol.